The highest BCUT2D eigenvalue weighted by Gasteiger charge is 2.14. The van der Waals surface area contributed by atoms with Crippen molar-refractivity contribution in [1.29, 1.82) is 0 Å². The van der Waals surface area contributed by atoms with E-state index < -0.39 is 17.5 Å². The third-order valence-corrected chi connectivity index (χ3v) is 3.30. The van der Waals surface area contributed by atoms with Gasteiger partial charge in [-0.25, -0.2) is 8.78 Å². The minimum Gasteiger partial charge on any atom is -0.321 e. The molecular formula is C17H12F2N2O. The number of fused-ring (bicyclic) bond motifs is 1. The van der Waals surface area contributed by atoms with Gasteiger partial charge in [-0.1, -0.05) is 6.07 Å². The summed E-state index contributed by atoms with van der Waals surface area (Å²) in [6.45, 7) is 1.87. The molecule has 3 rings (SSSR count). The number of carbonyl (C=O) groups excluding carboxylic acids is 1. The molecule has 5 heteroatoms. The first-order valence-corrected chi connectivity index (χ1v) is 6.67. The minimum absolute atomic E-state index is 0.210. The van der Waals surface area contributed by atoms with Crippen LogP contribution in [0.4, 0.5) is 14.5 Å². The molecule has 0 atom stereocenters. The normalized spacial score (nSPS) is 10.7. The number of amides is 1. The van der Waals surface area contributed by atoms with Crippen molar-refractivity contribution in [1.82, 2.24) is 4.98 Å². The third kappa shape index (κ3) is 2.65. The summed E-state index contributed by atoms with van der Waals surface area (Å²) < 4.78 is 26.6. The summed E-state index contributed by atoms with van der Waals surface area (Å²) in [7, 11) is 0. The predicted octanol–water partition coefficient (Wildman–Crippen LogP) is 4.07. The van der Waals surface area contributed by atoms with Crippen LogP contribution in [0.25, 0.3) is 10.9 Å². The minimum atomic E-state index is -0.897. The topological polar surface area (TPSA) is 42.0 Å². The van der Waals surface area contributed by atoms with Crippen LogP contribution in [-0.2, 0) is 0 Å². The molecule has 0 saturated heterocycles. The van der Waals surface area contributed by atoms with Gasteiger partial charge in [-0.2, -0.15) is 0 Å². The number of nitrogens with zero attached hydrogens (tertiary/aromatic N) is 1. The van der Waals surface area contributed by atoms with E-state index in [0.717, 1.165) is 28.7 Å². The molecule has 3 nitrogen and oxygen atoms in total. The lowest BCUT2D eigenvalue weighted by molar-refractivity contribution is 0.102. The average Bonchev–Trinajstić information content (AvgIpc) is 2.47. The van der Waals surface area contributed by atoms with Gasteiger partial charge in [0.2, 0.25) is 0 Å². The molecule has 2 aromatic carbocycles. The van der Waals surface area contributed by atoms with Gasteiger partial charge < -0.3 is 5.32 Å². The largest absolute Gasteiger partial charge is 0.321 e. The second kappa shape index (κ2) is 5.52. The fraction of sp³-hybridized carbons (Fsp3) is 0.0588. The molecule has 0 saturated carbocycles. The van der Waals surface area contributed by atoms with Crippen LogP contribution in [0.1, 0.15) is 16.1 Å². The van der Waals surface area contributed by atoms with Gasteiger partial charge in [0.05, 0.1) is 16.8 Å². The van der Waals surface area contributed by atoms with Crippen LogP contribution < -0.4 is 5.32 Å². The lowest BCUT2D eigenvalue weighted by Gasteiger charge is -2.09. The molecule has 1 amide bonds. The van der Waals surface area contributed by atoms with Crippen molar-refractivity contribution in [2.45, 2.75) is 6.92 Å². The molecule has 0 aliphatic carbocycles. The average molecular weight is 298 g/mol. The molecule has 1 heterocycles. The summed E-state index contributed by atoms with van der Waals surface area (Å²) in [5.74, 6) is -2.25. The van der Waals surface area contributed by atoms with Gasteiger partial charge >= 0.3 is 0 Å². The van der Waals surface area contributed by atoms with Crippen LogP contribution in [-0.4, -0.2) is 10.9 Å². The smallest absolute Gasteiger partial charge is 0.258 e. The Morgan fingerprint density at radius 2 is 1.91 bits per heavy atom. The van der Waals surface area contributed by atoms with E-state index in [2.05, 4.69) is 10.3 Å². The van der Waals surface area contributed by atoms with Crippen molar-refractivity contribution < 1.29 is 13.6 Å². The van der Waals surface area contributed by atoms with Gasteiger partial charge in [0, 0.05) is 17.1 Å². The lowest BCUT2D eigenvalue weighted by atomic mass is 10.1. The number of anilines is 1. The molecular weight excluding hydrogens is 286 g/mol. The van der Waals surface area contributed by atoms with Crippen LogP contribution in [0.2, 0.25) is 0 Å². The highest BCUT2D eigenvalue weighted by atomic mass is 19.1. The molecule has 0 aliphatic heterocycles. The SMILES string of the molecule is Cc1ccc2c(NC(=O)c3ccc(F)cc3F)cccc2n1. The van der Waals surface area contributed by atoms with Crippen molar-refractivity contribution >= 4 is 22.5 Å². The van der Waals surface area contributed by atoms with E-state index in [1.807, 2.05) is 25.1 Å². The van der Waals surface area contributed by atoms with Crippen molar-refractivity contribution in [3.63, 3.8) is 0 Å². The summed E-state index contributed by atoms with van der Waals surface area (Å²) in [6, 6.07) is 11.8. The standard InChI is InChI=1S/C17H12F2N2O/c1-10-5-7-13-15(20-10)3-2-4-16(13)21-17(22)12-8-6-11(18)9-14(12)19/h2-9H,1H3,(H,21,22). The Morgan fingerprint density at radius 1 is 1.09 bits per heavy atom. The molecule has 3 aromatic rings. The number of aryl methyl sites for hydroxylation is 1. The van der Waals surface area contributed by atoms with Crippen molar-refractivity contribution in [3.05, 3.63) is 71.4 Å². The van der Waals surface area contributed by atoms with E-state index in [4.69, 9.17) is 0 Å². The van der Waals surface area contributed by atoms with E-state index in [1.165, 1.54) is 0 Å². The number of carbonyl (C=O) groups is 1. The Bertz CT molecular complexity index is 878. The summed E-state index contributed by atoms with van der Waals surface area (Å²) in [6.07, 6.45) is 0. The van der Waals surface area contributed by atoms with E-state index in [9.17, 15) is 13.6 Å². The Balaban J connectivity index is 1.97. The Hall–Kier alpha value is -2.82. The summed E-state index contributed by atoms with van der Waals surface area (Å²) >= 11 is 0. The number of pyridine rings is 1. The fourth-order valence-corrected chi connectivity index (χ4v) is 2.23. The Morgan fingerprint density at radius 3 is 2.68 bits per heavy atom. The van der Waals surface area contributed by atoms with Crippen LogP contribution in [0, 0.1) is 18.6 Å². The number of hydrogen-bond donors (Lipinski definition) is 1. The second-order valence-corrected chi connectivity index (χ2v) is 4.90. The summed E-state index contributed by atoms with van der Waals surface area (Å²) in [4.78, 5) is 16.5. The highest BCUT2D eigenvalue weighted by Crippen LogP contribution is 2.23. The number of rotatable bonds is 2. The van der Waals surface area contributed by atoms with Gasteiger partial charge in [0.15, 0.2) is 0 Å². The molecule has 0 unspecified atom stereocenters. The maximum Gasteiger partial charge on any atom is 0.258 e. The summed E-state index contributed by atoms with van der Waals surface area (Å²) in [5, 5.41) is 3.39. The quantitative estimate of drug-likeness (QED) is 0.774. The molecule has 22 heavy (non-hydrogen) atoms. The van der Waals surface area contributed by atoms with E-state index in [1.54, 1.807) is 12.1 Å². The van der Waals surface area contributed by atoms with Gasteiger partial charge in [0.25, 0.3) is 5.91 Å². The van der Waals surface area contributed by atoms with Crippen LogP contribution in [0.5, 0.6) is 0 Å². The van der Waals surface area contributed by atoms with E-state index >= 15 is 0 Å². The van der Waals surface area contributed by atoms with Crippen LogP contribution in [0.15, 0.2) is 48.5 Å². The van der Waals surface area contributed by atoms with Crippen molar-refractivity contribution in [2.24, 2.45) is 0 Å². The van der Waals surface area contributed by atoms with Crippen molar-refractivity contribution in [2.75, 3.05) is 5.32 Å². The third-order valence-electron chi connectivity index (χ3n) is 3.30. The van der Waals surface area contributed by atoms with Crippen molar-refractivity contribution in [3.8, 4) is 0 Å². The molecule has 0 aliphatic rings. The van der Waals surface area contributed by atoms with E-state index in [0.29, 0.717) is 11.8 Å². The second-order valence-electron chi connectivity index (χ2n) is 4.90. The van der Waals surface area contributed by atoms with Gasteiger partial charge in [0.1, 0.15) is 11.6 Å². The maximum atomic E-state index is 13.7. The molecule has 0 bridgehead atoms. The Kier molecular flexibility index (Phi) is 3.55. The first-order valence-electron chi connectivity index (χ1n) is 6.67. The number of nitrogens with one attached hydrogen (secondary N) is 1. The van der Waals surface area contributed by atoms with Gasteiger partial charge in [-0.15, -0.1) is 0 Å². The Labute approximate surface area is 125 Å². The van der Waals surface area contributed by atoms with Crippen LogP contribution in [0.3, 0.4) is 0 Å². The molecule has 110 valence electrons. The predicted molar refractivity (Wildman–Crippen MR) is 80.8 cm³/mol. The molecule has 1 aromatic heterocycles. The van der Waals surface area contributed by atoms with Gasteiger partial charge in [-0.05, 0) is 43.3 Å². The lowest BCUT2D eigenvalue weighted by Crippen LogP contribution is -2.14. The molecule has 0 fully saturated rings. The number of aromatic nitrogens is 1. The summed E-state index contributed by atoms with van der Waals surface area (Å²) in [5.41, 5.74) is 1.91. The monoisotopic (exact) mass is 298 g/mol. The van der Waals surface area contributed by atoms with Crippen LogP contribution >= 0.6 is 0 Å². The number of hydrogen-bond acceptors (Lipinski definition) is 2. The first kappa shape index (κ1) is 14.1. The number of halogens is 2. The van der Waals surface area contributed by atoms with E-state index in [-0.39, 0.29) is 5.56 Å². The maximum absolute atomic E-state index is 13.7. The molecule has 0 radical (unpaired) electrons. The fourth-order valence-electron chi connectivity index (χ4n) is 2.23. The molecule has 1 N–H and O–H groups in total. The number of benzene rings is 2. The molecule has 0 spiro atoms. The first-order chi connectivity index (χ1) is 10.5. The highest BCUT2D eigenvalue weighted by molar-refractivity contribution is 6.08. The zero-order chi connectivity index (χ0) is 15.7. The zero-order valence-electron chi connectivity index (χ0n) is 11.7. The zero-order valence-corrected chi connectivity index (χ0v) is 11.7. The van der Waals surface area contributed by atoms with Gasteiger partial charge in [-0.3, -0.25) is 9.78 Å².